The molecule has 3 rings (SSSR count). The van der Waals surface area contributed by atoms with Crippen molar-refractivity contribution in [3.8, 4) is 5.75 Å². The Balaban J connectivity index is 1.74. The van der Waals surface area contributed by atoms with Crippen LogP contribution in [0.15, 0.2) is 108 Å². The fourth-order valence-corrected chi connectivity index (χ4v) is 3.66. The van der Waals surface area contributed by atoms with E-state index in [1.165, 1.54) is 25.3 Å². The number of carbonyl (C=O) groups excluding carboxylic acids is 2. The van der Waals surface area contributed by atoms with Crippen LogP contribution in [0.25, 0.3) is 0 Å². The second-order valence-electron chi connectivity index (χ2n) is 7.71. The third-order valence-corrected chi connectivity index (χ3v) is 5.90. The predicted molar refractivity (Wildman–Crippen MR) is 136 cm³/mol. The van der Waals surface area contributed by atoms with E-state index in [1.807, 2.05) is 19.1 Å². The van der Waals surface area contributed by atoms with Crippen molar-refractivity contribution in [1.82, 2.24) is 0 Å². The van der Waals surface area contributed by atoms with Gasteiger partial charge in [0.05, 0.1) is 7.11 Å². The zero-order valence-corrected chi connectivity index (χ0v) is 20.5. The summed E-state index contributed by atoms with van der Waals surface area (Å²) in [6.45, 7) is 5.51. The van der Waals surface area contributed by atoms with Crippen LogP contribution in [0.2, 0.25) is 0 Å². The van der Waals surface area contributed by atoms with Gasteiger partial charge in [0.15, 0.2) is 11.6 Å². The number of benzene rings is 3. The first-order chi connectivity index (χ1) is 17.1. The summed E-state index contributed by atoms with van der Waals surface area (Å²) < 4.78 is 42.4. The van der Waals surface area contributed by atoms with Crippen molar-refractivity contribution in [3.63, 3.8) is 0 Å². The van der Waals surface area contributed by atoms with E-state index in [4.69, 9.17) is 4.74 Å². The Hall–Kier alpha value is -4.27. The molecule has 3 aromatic rings. The normalized spacial score (nSPS) is 12.1. The lowest BCUT2D eigenvalue weighted by Gasteiger charge is -2.09. The molecular weight excluding hydrogens is 480 g/mol. The minimum Gasteiger partial charge on any atom is -0.503 e. The van der Waals surface area contributed by atoms with Crippen LogP contribution < -0.4 is 4.74 Å². The Kier molecular flexibility index (Phi) is 8.37. The first kappa shape index (κ1) is 26.3. The smallest absolute Gasteiger partial charge is 0.297 e. The van der Waals surface area contributed by atoms with Gasteiger partial charge in [0, 0.05) is 28.3 Å². The van der Waals surface area contributed by atoms with Crippen molar-refractivity contribution in [2.75, 3.05) is 7.11 Å². The lowest BCUT2D eigenvalue weighted by Crippen LogP contribution is -2.05. The Morgan fingerprint density at radius 1 is 0.806 bits per heavy atom. The summed E-state index contributed by atoms with van der Waals surface area (Å²) in [6.07, 6.45) is 3.15. The third-order valence-electron chi connectivity index (χ3n) is 5.09. The second kappa shape index (κ2) is 11.4. The monoisotopic (exact) mass is 504 g/mol. The van der Waals surface area contributed by atoms with Crippen LogP contribution in [0.1, 0.15) is 37.4 Å². The van der Waals surface area contributed by atoms with Gasteiger partial charge in [-0.15, -0.1) is 0 Å². The van der Waals surface area contributed by atoms with Gasteiger partial charge in [0.1, 0.15) is 22.7 Å². The van der Waals surface area contributed by atoms with E-state index in [-0.39, 0.29) is 17.3 Å². The van der Waals surface area contributed by atoms with Crippen LogP contribution >= 0.6 is 0 Å². The first-order valence-electron chi connectivity index (χ1n) is 10.7. The Labute approximate surface area is 209 Å². The second-order valence-corrected chi connectivity index (χ2v) is 9.13. The average molecular weight is 505 g/mol. The van der Waals surface area contributed by atoms with Crippen LogP contribution in [-0.4, -0.2) is 31.6 Å². The van der Waals surface area contributed by atoms with Gasteiger partial charge in [-0.1, -0.05) is 60.7 Å². The van der Waals surface area contributed by atoms with Gasteiger partial charge in [-0.2, -0.15) is 8.42 Å². The highest BCUT2D eigenvalue weighted by Crippen LogP contribution is 2.20. The number of allylic oxidation sites excluding steroid dienone is 2. The molecule has 0 saturated heterocycles. The summed E-state index contributed by atoms with van der Waals surface area (Å²) in [5.74, 6) is -0.0289. The zero-order chi connectivity index (χ0) is 26.3. The van der Waals surface area contributed by atoms with Gasteiger partial charge >= 0.3 is 0 Å². The van der Waals surface area contributed by atoms with E-state index >= 15 is 0 Å². The number of methoxy groups -OCH3 is 1. The Morgan fingerprint density at radius 3 is 1.61 bits per heavy atom. The molecule has 0 aliphatic rings. The zero-order valence-electron chi connectivity index (χ0n) is 19.7. The molecule has 0 fully saturated rings. The van der Waals surface area contributed by atoms with E-state index in [2.05, 4.69) is 11.3 Å². The van der Waals surface area contributed by atoms with Gasteiger partial charge in [0.2, 0.25) is 0 Å². The molecule has 0 unspecified atom stereocenters. The minimum absolute atomic E-state index is 0.0313. The van der Waals surface area contributed by atoms with Crippen molar-refractivity contribution >= 4 is 21.7 Å². The molecule has 0 aromatic heterocycles. The molecule has 0 aliphatic carbocycles. The predicted octanol–water partition coefficient (Wildman–Crippen LogP) is 5.28. The SMILES string of the molecule is C=C/C(=C\C(=C\OC)S(=O)(=O)O)Oc1ccc(C(=O)c2ccc(C(=O)c3ccc(C)cc3)cc2)cc1. The lowest BCUT2D eigenvalue weighted by molar-refractivity contribution is 0.102. The topological polar surface area (TPSA) is 107 Å². The largest absolute Gasteiger partial charge is 0.503 e. The third kappa shape index (κ3) is 6.65. The summed E-state index contributed by atoms with van der Waals surface area (Å²) in [4.78, 5) is 25.0. The highest BCUT2D eigenvalue weighted by Gasteiger charge is 2.15. The molecule has 184 valence electrons. The van der Waals surface area contributed by atoms with E-state index in [9.17, 15) is 22.6 Å². The summed E-state index contributed by atoms with van der Waals surface area (Å²) in [5, 5.41) is 0. The molecule has 0 atom stereocenters. The number of ketones is 2. The number of aryl methyl sites for hydroxylation is 1. The number of hydrogen-bond acceptors (Lipinski definition) is 6. The van der Waals surface area contributed by atoms with Gasteiger partial charge in [-0.25, -0.2) is 0 Å². The Morgan fingerprint density at radius 2 is 1.22 bits per heavy atom. The molecule has 0 amide bonds. The van der Waals surface area contributed by atoms with Gasteiger partial charge in [-0.3, -0.25) is 14.1 Å². The first-order valence-corrected chi connectivity index (χ1v) is 12.1. The van der Waals surface area contributed by atoms with Gasteiger partial charge in [0.25, 0.3) is 10.1 Å². The van der Waals surface area contributed by atoms with Crippen LogP contribution in [0, 0.1) is 6.92 Å². The van der Waals surface area contributed by atoms with Crippen LogP contribution in [0.3, 0.4) is 0 Å². The van der Waals surface area contributed by atoms with E-state index in [0.29, 0.717) is 28.0 Å². The number of hydrogen-bond donors (Lipinski definition) is 1. The molecule has 0 spiro atoms. The average Bonchev–Trinajstić information content (AvgIpc) is 2.87. The standard InChI is InChI=1S/C28H24O7S/c1-4-24(17-26(18-34-3)36(31,32)33)35-25-15-13-23(14-16-25)28(30)22-11-9-21(10-12-22)27(29)20-7-5-19(2)6-8-20/h4-18H,1H2,2-3H3,(H,31,32,33)/b24-17+,26-18-. The molecule has 0 bridgehead atoms. The van der Waals surface area contributed by atoms with Crippen LogP contribution in [0.5, 0.6) is 5.75 Å². The molecule has 0 aliphatic heterocycles. The minimum atomic E-state index is -4.53. The highest BCUT2D eigenvalue weighted by molar-refractivity contribution is 7.90. The number of ether oxygens (including phenoxy) is 2. The highest BCUT2D eigenvalue weighted by atomic mass is 32.2. The molecule has 1 N–H and O–H groups in total. The maximum atomic E-state index is 12.9. The summed E-state index contributed by atoms with van der Waals surface area (Å²) >= 11 is 0. The summed E-state index contributed by atoms with van der Waals surface area (Å²) in [6, 6.07) is 19.9. The summed E-state index contributed by atoms with van der Waals surface area (Å²) in [5.41, 5.74) is 2.92. The maximum absolute atomic E-state index is 12.9. The molecule has 0 radical (unpaired) electrons. The Bertz CT molecular complexity index is 1430. The van der Waals surface area contributed by atoms with Crippen molar-refractivity contribution < 1.29 is 32.0 Å². The van der Waals surface area contributed by atoms with E-state index in [1.54, 1.807) is 48.5 Å². The molecule has 0 heterocycles. The molecule has 3 aromatic carbocycles. The van der Waals surface area contributed by atoms with Crippen molar-refractivity contribution in [3.05, 3.63) is 136 Å². The van der Waals surface area contributed by atoms with Crippen LogP contribution in [-0.2, 0) is 14.9 Å². The fraction of sp³-hybridized carbons (Fsp3) is 0.0714. The number of carbonyl (C=O) groups is 2. The van der Waals surface area contributed by atoms with Crippen LogP contribution in [0.4, 0.5) is 0 Å². The number of rotatable bonds is 10. The quantitative estimate of drug-likeness (QED) is 0.173. The van der Waals surface area contributed by atoms with Crippen molar-refractivity contribution in [2.24, 2.45) is 0 Å². The summed E-state index contributed by atoms with van der Waals surface area (Å²) in [7, 11) is -3.30. The molecule has 8 heteroatoms. The van der Waals surface area contributed by atoms with E-state index in [0.717, 1.165) is 17.9 Å². The van der Waals surface area contributed by atoms with Gasteiger partial charge < -0.3 is 9.47 Å². The van der Waals surface area contributed by atoms with Crippen molar-refractivity contribution in [2.45, 2.75) is 6.92 Å². The maximum Gasteiger partial charge on any atom is 0.297 e. The van der Waals surface area contributed by atoms with E-state index < -0.39 is 15.0 Å². The molecule has 36 heavy (non-hydrogen) atoms. The van der Waals surface area contributed by atoms with Gasteiger partial charge in [-0.05, 0) is 37.3 Å². The molecule has 0 saturated carbocycles. The van der Waals surface area contributed by atoms with Crippen molar-refractivity contribution in [1.29, 1.82) is 0 Å². The molecule has 7 nitrogen and oxygen atoms in total. The lowest BCUT2D eigenvalue weighted by atomic mass is 9.98. The molecular formula is C28H24O7S. The fourth-order valence-electron chi connectivity index (χ4n) is 3.18.